The maximum Gasteiger partial charge on any atom is 0.169 e. The SMILES string of the molecule is CC(C)C(C)Nc1c(N)cc(N)c(Cl)c1F. The molecule has 0 aromatic heterocycles. The van der Waals surface area contributed by atoms with Gasteiger partial charge in [0.15, 0.2) is 5.82 Å². The van der Waals surface area contributed by atoms with Crippen LogP contribution in [-0.2, 0) is 0 Å². The molecule has 0 aliphatic carbocycles. The molecule has 0 saturated heterocycles. The van der Waals surface area contributed by atoms with Gasteiger partial charge in [-0.1, -0.05) is 25.4 Å². The predicted molar refractivity (Wildman–Crippen MR) is 68.2 cm³/mol. The normalized spacial score (nSPS) is 12.9. The van der Waals surface area contributed by atoms with E-state index < -0.39 is 5.82 Å². The molecule has 1 aromatic rings. The molecule has 0 fully saturated rings. The molecule has 0 aliphatic rings. The Morgan fingerprint density at radius 1 is 1.25 bits per heavy atom. The summed E-state index contributed by atoms with van der Waals surface area (Å²) in [5.41, 5.74) is 11.8. The lowest BCUT2D eigenvalue weighted by molar-refractivity contribution is 0.553. The van der Waals surface area contributed by atoms with Crippen LogP contribution in [0.15, 0.2) is 6.07 Å². The summed E-state index contributed by atoms with van der Waals surface area (Å²) < 4.78 is 13.8. The lowest BCUT2D eigenvalue weighted by atomic mass is 10.1. The fraction of sp³-hybridized carbons (Fsp3) is 0.455. The van der Waals surface area contributed by atoms with E-state index in [4.69, 9.17) is 23.1 Å². The van der Waals surface area contributed by atoms with Crippen LogP contribution in [0.5, 0.6) is 0 Å². The molecule has 1 unspecified atom stereocenters. The third kappa shape index (κ3) is 2.50. The smallest absolute Gasteiger partial charge is 0.169 e. The van der Waals surface area contributed by atoms with Crippen LogP contribution in [0.2, 0.25) is 5.02 Å². The third-order valence-corrected chi connectivity index (χ3v) is 3.02. The lowest BCUT2D eigenvalue weighted by Gasteiger charge is -2.21. The largest absolute Gasteiger partial charge is 0.397 e. The highest BCUT2D eigenvalue weighted by molar-refractivity contribution is 6.33. The average molecular weight is 246 g/mol. The van der Waals surface area contributed by atoms with Gasteiger partial charge in [0.25, 0.3) is 0 Å². The molecule has 0 amide bonds. The Labute approximate surface area is 100.0 Å². The van der Waals surface area contributed by atoms with E-state index in [0.29, 0.717) is 5.92 Å². The number of hydrogen-bond acceptors (Lipinski definition) is 3. The molecular weight excluding hydrogens is 229 g/mol. The second kappa shape index (κ2) is 4.78. The van der Waals surface area contributed by atoms with E-state index >= 15 is 0 Å². The summed E-state index contributed by atoms with van der Waals surface area (Å²) in [4.78, 5) is 0. The van der Waals surface area contributed by atoms with Gasteiger partial charge >= 0.3 is 0 Å². The first-order valence-corrected chi connectivity index (χ1v) is 5.51. The molecule has 0 spiro atoms. The Hall–Kier alpha value is -1.16. The van der Waals surface area contributed by atoms with Crippen LogP contribution in [0.3, 0.4) is 0 Å². The van der Waals surface area contributed by atoms with Crippen molar-refractivity contribution in [2.45, 2.75) is 26.8 Å². The first-order valence-electron chi connectivity index (χ1n) is 5.14. The van der Waals surface area contributed by atoms with Gasteiger partial charge in [0, 0.05) is 6.04 Å². The van der Waals surface area contributed by atoms with Crippen molar-refractivity contribution in [3.8, 4) is 0 Å². The standard InChI is InChI=1S/C11H17ClFN3/c1-5(2)6(3)16-11-8(15)4-7(14)9(12)10(11)13/h4-6,16H,14-15H2,1-3H3. The Balaban J connectivity index is 3.10. The van der Waals surface area contributed by atoms with E-state index in [1.165, 1.54) is 6.07 Å². The number of anilines is 3. The number of benzene rings is 1. The van der Waals surface area contributed by atoms with E-state index in [1.54, 1.807) is 0 Å². The van der Waals surface area contributed by atoms with Crippen molar-refractivity contribution in [2.75, 3.05) is 16.8 Å². The summed E-state index contributed by atoms with van der Waals surface area (Å²) in [6, 6.07) is 1.55. The van der Waals surface area contributed by atoms with Gasteiger partial charge in [-0.05, 0) is 18.9 Å². The second-order valence-corrected chi connectivity index (χ2v) is 4.61. The first kappa shape index (κ1) is 12.9. The zero-order valence-corrected chi connectivity index (χ0v) is 10.4. The molecule has 1 atom stereocenters. The van der Waals surface area contributed by atoms with Gasteiger partial charge in [0.1, 0.15) is 5.02 Å². The topological polar surface area (TPSA) is 64.1 Å². The Morgan fingerprint density at radius 2 is 1.81 bits per heavy atom. The molecule has 1 aromatic carbocycles. The molecular formula is C11H17ClFN3. The molecule has 16 heavy (non-hydrogen) atoms. The number of rotatable bonds is 3. The minimum Gasteiger partial charge on any atom is -0.397 e. The molecule has 0 radical (unpaired) electrons. The van der Waals surface area contributed by atoms with E-state index in [2.05, 4.69) is 5.32 Å². The van der Waals surface area contributed by atoms with E-state index in [-0.39, 0.29) is 28.1 Å². The minimum absolute atomic E-state index is 0.0901. The van der Waals surface area contributed by atoms with Crippen molar-refractivity contribution in [3.05, 3.63) is 16.9 Å². The van der Waals surface area contributed by atoms with Gasteiger partial charge in [-0.25, -0.2) is 4.39 Å². The highest BCUT2D eigenvalue weighted by Gasteiger charge is 2.17. The van der Waals surface area contributed by atoms with Gasteiger partial charge in [0.05, 0.1) is 17.1 Å². The number of nitrogens with two attached hydrogens (primary N) is 2. The van der Waals surface area contributed by atoms with E-state index in [1.807, 2.05) is 20.8 Å². The fourth-order valence-corrected chi connectivity index (χ4v) is 1.36. The van der Waals surface area contributed by atoms with Crippen LogP contribution < -0.4 is 16.8 Å². The van der Waals surface area contributed by atoms with Gasteiger partial charge in [-0.3, -0.25) is 0 Å². The molecule has 0 aliphatic heterocycles. The van der Waals surface area contributed by atoms with Crippen LogP contribution in [0.1, 0.15) is 20.8 Å². The van der Waals surface area contributed by atoms with E-state index in [9.17, 15) is 4.39 Å². The molecule has 3 nitrogen and oxygen atoms in total. The summed E-state index contributed by atoms with van der Waals surface area (Å²) in [7, 11) is 0. The van der Waals surface area contributed by atoms with Crippen molar-refractivity contribution in [1.82, 2.24) is 0 Å². The van der Waals surface area contributed by atoms with E-state index in [0.717, 1.165) is 0 Å². The van der Waals surface area contributed by atoms with Gasteiger partial charge in [0.2, 0.25) is 0 Å². The van der Waals surface area contributed by atoms with Crippen LogP contribution in [0.25, 0.3) is 0 Å². The zero-order chi connectivity index (χ0) is 12.5. The number of halogens is 2. The molecule has 0 heterocycles. The Kier molecular flexibility index (Phi) is 3.86. The van der Waals surface area contributed by atoms with Crippen molar-refractivity contribution in [1.29, 1.82) is 0 Å². The third-order valence-electron chi connectivity index (χ3n) is 2.64. The van der Waals surface area contributed by atoms with Crippen LogP contribution in [-0.4, -0.2) is 6.04 Å². The first-order chi connectivity index (χ1) is 7.34. The Morgan fingerprint density at radius 3 is 2.31 bits per heavy atom. The fourth-order valence-electron chi connectivity index (χ4n) is 1.21. The zero-order valence-electron chi connectivity index (χ0n) is 9.64. The molecule has 0 bridgehead atoms. The number of nitrogen functional groups attached to an aromatic ring is 2. The predicted octanol–water partition coefficient (Wildman–Crippen LogP) is 3.10. The number of nitrogens with one attached hydrogen (secondary N) is 1. The van der Waals surface area contributed by atoms with Crippen LogP contribution >= 0.6 is 11.6 Å². The van der Waals surface area contributed by atoms with Gasteiger partial charge in [-0.2, -0.15) is 0 Å². The lowest BCUT2D eigenvalue weighted by Crippen LogP contribution is -2.23. The van der Waals surface area contributed by atoms with Crippen molar-refractivity contribution in [3.63, 3.8) is 0 Å². The van der Waals surface area contributed by atoms with Crippen LogP contribution in [0.4, 0.5) is 21.5 Å². The molecule has 0 saturated carbocycles. The minimum atomic E-state index is -0.591. The summed E-state index contributed by atoms with van der Waals surface area (Å²) in [6.07, 6.45) is 0. The summed E-state index contributed by atoms with van der Waals surface area (Å²) >= 11 is 5.72. The monoisotopic (exact) mass is 245 g/mol. The van der Waals surface area contributed by atoms with Crippen molar-refractivity contribution >= 4 is 28.7 Å². The average Bonchev–Trinajstić information content (AvgIpc) is 2.20. The molecule has 1 rings (SSSR count). The second-order valence-electron chi connectivity index (χ2n) is 4.24. The molecule has 5 N–H and O–H groups in total. The summed E-state index contributed by atoms with van der Waals surface area (Å²) in [5, 5.41) is 2.92. The Bertz CT molecular complexity index is 393. The maximum atomic E-state index is 13.8. The van der Waals surface area contributed by atoms with Gasteiger partial charge < -0.3 is 16.8 Å². The highest BCUT2D eigenvalue weighted by atomic mass is 35.5. The van der Waals surface area contributed by atoms with Crippen molar-refractivity contribution in [2.24, 2.45) is 5.92 Å². The van der Waals surface area contributed by atoms with Gasteiger partial charge in [-0.15, -0.1) is 0 Å². The highest BCUT2D eigenvalue weighted by Crippen LogP contribution is 2.34. The number of hydrogen-bond donors (Lipinski definition) is 3. The quantitative estimate of drug-likeness (QED) is 0.717. The molecule has 90 valence electrons. The van der Waals surface area contributed by atoms with Crippen LogP contribution in [0, 0.1) is 11.7 Å². The van der Waals surface area contributed by atoms with Crippen molar-refractivity contribution < 1.29 is 4.39 Å². The summed E-state index contributed by atoms with van der Waals surface area (Å²) in [6.45, 7) is 6.02. The maximum absolute atomic E-state index is 13.8. The molecule has 5 heteroatoms. The summed E-state index contributed by atoms with van der Waals surface area (Å²) in [5.74, 6) is -0.234.